The van der Waals surface area contributed by atoms with Crippen molar-refractivity contribution in [3.05, 3.63) is 30.0 Å². The smallest absolute Gasteiger partial charge is 0.337 e. The molecule has 0 bridgehead atoms. The van der Waals surface area contributed by atoms with Crippen molar-refractivity contribution >= 4 is 27.6 Å². The molecular formula is C9H7NO3S. The molecule has 0 aliphatic rings. The first-order valence-corrected chi connectivity index (χ1v) is 4.71. The third-order valence-electron chi connectivity index (χ3n) is 1.93. The second kappa shape index (κ2) is 3.36. The number of rotatable bonds is 2. The quantitative estimate of drug-likeness (QED) is 0.784. The van der Waals surface area contributed by atoms with Gasteiger partial charge < -0.3 is 10.2 Å². The maximum Gasteiger partial charge on any atom is 0.337 e. The molecule has 2 rings (SSSR count). The molecule has 1 atom stereocenters. The van der Waals surface area contributed by atoms with Gasteiger partial charge in [-0.2, -0.15) is 4.37 Å². The molecule has 0 amide bonds. The van der Waals surface area contributed by atoms with Gasteiger partial charge in [-0.05, 0) is 23.2 Å². The molecule has 0 fully saturated rings. The minimum atomic E-state index is -1.46. The van der Waals surface area contributed by atoms with E-state index in [0.29, 0.717) is 5.56 Å². The lowest BCUT2D eigenvalue weighted by atomic mass is 10.1. The Labute approximate surface area is 83.6 Å². The van der Waals surface area contributed by atoms with Crippen LogP contribution >= 0.6 is 11.5 Å². The molecule has 4 nitrogen and oxygen atoms in total. The number of benzene rings is 1. The van der Waals surface area contributed by atoms with Gasteiger partial charge in [0.1, 0.15) is 0 Å². The van der Waals surface area contributed by atoms with Crippen molar-refractivity contribution in [2.45, 2.75) is 6.10 Å². The van der Waals surface area contributed by atoms with E-state index in [1.807, 2.05) is 0 Å². The SMILES string of the molecule is O=C(O)C(O)c1ccc2cnsc2c1. The van der Waals surface area contributed by atoms with Gasteiger partial charge >= 0.3 is 5.97 Å². The normalized spacial score (nSPS) is 12.9. The second-order valence-corrected chi connectivity index (χ2v) is 3.70. The summed E-state index contributed by atoms with van der Waals surface area (Å²) in [6, 6.07) is 4.99. The van der Waals surface area contributed by atoms with E-state index in [-0.39, 0.29) is 0 Å². The Balaban J connectivity index is 2.48. The number of carbonyl (C=O) groups is 1. The van der Waals surface area contributed by atoms with Crippen molar-refractivity contribution in [1.29, 1.82) is 0 Å². The zero-order valence-electron chi connectivity index (χ0n) is 7.04. The highest BCUT2D eigenvalue weighted by atomic mass is 32.1. The number of aromatic nitrogens is 1. The average molecular weight is 209 g/mol. The molecule has 0 aliphatic carbocycles. The summed E-state index contributed by atoms with van der Waals surface area (Å²) in [7, 11) is 0. The zero-order valence-corrected chi connectivity index (χ0v) is 7.86. The fraction of sp³-hybridized carbons (Fsp3) is 0.111. The van der Waals surface area contributed by atoms with Gasteiger partial charge in [-0.3, -0.25) is 0 Å². The van der Waals surface area contributed by atoms with Crippen LogP contribution in [-0.4, -0.2) is 20.6 Å². The number of aliphatic hydroxyl groups is 1. The van der Waals surface area contributed by atoms with Crippen molar-refractivity contribution < 1.29 is 15.0 Å². The summed E-state index contributed by atoms with van der Waals surface area (Å²) in [6.07, 6.45) is 0.248. The number of fused-ring (bicyclic) bond motifs is 1. The van der Waals surface area contributed by atoms with Gasteiger partial charge in [0.2, 0.25) is 0 Å². The van der Waals surface area contributed by atoms with Crippen LogP contribution in [0.4, 0.5) is 0 Å². The van der Waals surface area contributed by atoms with E-state index < -0.39 is 12.1 Å². The van der Waals surface area contributed by atoms with Gasteiger partial charge in [0.15, 0.2) is 6.10 Å². The van der Waals surface area contributed by atoms with Crippen LogP contribution in [0.3, 0.4) is 0 Å². The first-order valence-electron chi connectivity index (χ1n) is 3.93. The number of carboxylic acids is 1. The summed E-state index contributed by atoms with van der Waals surface area (Å²) in [5.74, 6) is -1.24. The van der Waals surface area contributed by atoms with Crippen LogP contribution in [-0.2, 0) is 4.79 Å². The predicted octanol–water partition coefficient (Wildman–Crippen LogP) is 1.41. The van der Waals surface area contributed by atoms with Gasteiger partial charge in [-0.15, -0.1) is 0 Å². The number of hydrogen-bond acceptors (Lipinski definition) is 4. The lowest BCUT2D eigenvalue weighted by molar-refractivity contribution is -0.146. The van der Waals surface area contributed by atoms with Crippen LogP contribution in [0, 0.1) is 0 Å². The van der Waals surface area contributed by atoms with E-state index in [4.69, 9.17) is 5.11 Å². The van der Waals surface area contributed by atoms with Gasteiger partial charge in [0, 0.05) is 11.6 Å². The molecule has 1 unspecified atom stereocenters. The van der Waals surface area contributed by atoms with Gasteiger partial charge in [0.05, 0.1) is 4.70 Å². The van der Waals surface area contributed by atoms with E-state index >= 15 is 0 Å². The molecule has 1 aromatic carbocycles. The number of aliphatic carboxylic acids is 1. The topological polar surface area (TPSA) is 70.4 Å². The van der Waals surface area contributed by atoms with E-state index in [9.17, 15) is 9.90 Å². The Morgan fingerprint density at radius 3 is 3.00 bits per heavy atom. The van der Waals surface area contributed by atoms with Gasteiger partial charge in [0.25, 0.3) is 0 Å². The summed E-state index contributed by atoms with van der Waals surface area (Å²) >= 11 is 1.28. The fourth-order valence-corrected chi connectivity index (χ4v) is 1.88. The lowest BCUT2D eigenvalue weighted by Crippen LogP contribution is -2.09. The molecule has 5 heteroatoms. The van der Waals surface area contributed by atoms with Crippen LogP contribution in [0.1, 0.15) is 11.7 Å². The van der Waals surface area contributed by atoms with E-state index in [0.717, 1.165) is 10.1 Å². The first kappa shape index (κ1) is 9.11. The van der Waals surface area contributed by atoms with Crippen molar-refractivity contribution in [3.8, 4) is 0 Å². The van der Waals surface area contributed by atoms with Crippen LogP contribution in [0.5, 0.6) is 0 Å². The zero-order chi connectivity index (χ0) is 10.1. The van der Waals surface area contributed by atoms with Crippen LogP contribution in [0.15, 0.2) is 24.4 Å². The monoisotopic (exact) mass is 209 g/mol. The maximum absolute atomic E-state index is 10.5. The van der Waals surface area contributed by atoms with Crippen LogP contribution in [0.2, 0.25) is 0 Å². The highest BCUT2D eigenvalue weighted by Gasteiger charge is 2.15. The Bertz CT molecular complexity index is 480. The second-order valence-electron chi connectivity index (χ2n) is 2.86. The summed E-state index contributed by atoms with van der Waals surface area (Å²) in [4.78, 5) is 10.5. The van der Waals surface area contributed by atoms with Crippen molar-refractivity contribution in [2.75, 3.05) is 0 Å². The molecule has 0 aliphatic heterocycles. The minimum absolute atomic E-state index is 0.384. The molecule has 0 saturated heterocycles. The fourth-order valence-electron chi connectivity index (χ4n) is 1.19. The van der Waals surface area contributed by atoms with Gasteiger partial charge in [-0.1, -0.05) is 12.1 Å². The minimum Gasteiger partial charge on any atom is -0.479 e. The number of nitrogens with zero attached hydrogens (tertiary/aromatic N) is 1. The maximum atomic E-state index is 10.5. The largest absolute Gasteiger partial charge is 0.479 e. The third-order valence-corrected chi connectivity index (χ3v) is 2.69. The van der Waals surface area contributed by atoms with E-state index in [1.165, 1.54) is 11.5 Å². The van der Waals surface area contributed by atoms with Crippen LogP contribution < -0.4 is 0 Å². The van der Waals surface area contributed by atoms with Gasteiger partial charge in [-0.25, -0.2) is 4.79 Å². The molecular weight excluding hydrogens is 202 g/mol. The Hall–Kier alpha value is -1.46. The van der Waals surface area contributed by atoms with E-state index in [1.54, 1.807) is 24.4 Å². The third kappa shape index (κ3) is 1.47. The molecule has 0 saturated carbocycles. The Morgan fingerprint density at radius 1 is 1.50 bits per heavy atom. The average Bonchev–Trinajstić information content (AvgIpc) is 2.62. The van der Waals surface area contributed by atoms with E-state index in [2.05, 4.69) is 4.37 Å². The van der Waals surface area contributed by atoms with Crippen molar-refractivity contribution in [3.63, 3.8) is 0 Å². The molecule has 14 heavy (non-hydrogen) atoms. The van der Waals surface area contributed by atoms with Crippen molar-refractivity contribution in [1.82, 2.24) is 4.37 Å². The van der Waals surface area contributed by atoms with Crippen molar-refractivity contribution in [2.24, 2.45) is 0 Å². The molecule has 2 aromatic rings. The summed E-state index contributed by atoms with van der Waals surface area (Å²) in [6.45, 7) is 0. The molecule has 1 aromatic heterocycles. The first-order chi connectivity index (χ1) is 6.68. The molecule has 72 valence electrons. The van der Waals surface area contributed by atoms with Crippen LogP contribution in [0.25, 0.3) is 10.1 Å². The number of hydrogen-bond donors (Lipinski definition) is 2. The molecule has 1 heterocycles. The lowest BCUT2D eigenvalue weighted by Gasteiger charge is -2.04. The molecule has 0 spiro atoms. The highest BCUT2D eigenvalue weighted by molar-refractivity contribution is 7.13. The Kier molecular flexibility index (Phi) is 2.18. The molecule has 2 N–H and O–H groups in total. The summed E-state index contributed by atoms with van der Waals surface area (Å²) in [5.41, 5.74) is 0.384. The number of aliphatic hydroxyl groups excluding tert-OH is 1. The molecule has 0 radical (unpaired) electrons. The highest BCUT2D eigenvalue weighted by Crippen LogP contribution is 2.22. The standard InChI is InChI=1S/C9H7NO3S/c11-8(9(12)13)5-1-2-6-4-10-14-7(6)3-5/h1-4,8,11H,(H,12,13). The summed E-state index contributed by atoms with van der Waals surface area (Å²) < 4.78 is 4.84. The summed E-state index contributed by atoms with van der Waals surface area (Å²) in [5, 5.41) is 18.8. The predicted molar refractivity (Wildman–Crippen MR) is 52.2 cm³/mol. The Morgan fingerprint density at radius 2 is 2.29 bits per heavy atom. The number of carboxylic acid groups (broad SMARTS) is 1.